The van der Waals surface area contributed by atoms with E-state index in [1.807, 2.05) is 0 Å². The van der Waals surface area contributed by atoms with Gasteiger partial charge in [-0.25, -0.2) is 5.01 Å². The predicted molar refractivity (Wildman–Crippen MR) is 90.2 cm³/mol. The van der Waals surface area contributed by atoms with Crippen LogP contribution < -0.4 is 16.9 Å². The Balaban J connectivity index is 4.86. The highest BCUT2D eigenvalue weighted by Crippen LogP contribution is 2.14. The highest BCUT2D eigenvalue weighted by Gasteiger charge is 2.28. The van der Waals surface area contributed by atoms with Crippen LogP contribution in [0.5, 0.6) is 0 Å². The van der Waals surface area contributed by atoms with Crippen LogP contribution in [0.2, 0.25) is 0 Å². The summed E-state index contributed by atoms with van der Waals surface area (Å²) in [5.41, 5.74) is 13.2. The molecule has 0 aromatic heterocycles. The largest absolute Gasteiger partial charge is 0.481 e. The molecule has 11 heteroatoms. The van der Waals surface area contributed by atoms with Crippen molar-refractivity contribution >= 4 is 23.6 Å². The second kappa shape index (κ2) is 11.5. The summed E-state index contributed by atoms with van der Waals surface area (Å²) in [4.78, 5) is 46.3. The summed E-state index contributed by atoms with van der Waals surface area (Å²) >= 11 is 0. The van der Waals surface area contributed by atoms with Gasteiger partial charge >= 0.3 is 5.97 Å². The Hall–Kier alpha value is -2.08. The molecule has 0 aromatic rings. The molecule has 0 aliphatic rings. The van der Waals surface area contributed by atoms with Crippen LogP contribution in [-0.4, -0.2) is 76.2 Å². The maximum Gasteiger partial charge on any atom is 0.309 e. The van der Waals surface area contributed by atoms with Crippen LogP contribution >= 0.6 is 0 Å². The molecule has 11 nitrogen and oxygen atoms in total. The monoisotopic (exact) mass is 376 g/mol. The number of carboxylic acids is 1. The van der Waals surface area contributed by atoms with E-state index in [0.717, 1.165) is 0 Å². The van der Waals surface area contributed by atoms with Gasteiger partial charge in [0.2, 0.25) is 11.8 Å². The zero-order chi connectivity index (χ0) is 20.4. The Morgan fingerprint density at radius 2 is 1.65 bits per heavy atom. The van der Waals surface area contributed by atoms with Crippen LogP contribution in [0, 0.1) is 11.8 Å². The molecule has 26 heavy (non-hydrogen) atoms. The van der Waals surface area contributed by atoms with Crippen molar-refractivity contribution in [1.29, 1.82) is 0 Å². The number of aliphatic carboxylic acids is 1. The van der Waals surface area contributed by atoms with Crippen LogP contribution in [-0.2, 0) is 19.2 Å². The second-order valence-electron chi connectivity index (χ2n) is 6.29. The van der Waals surface area contributed by atoms with Gasteiger partial charge in [-0.05, 0) is 6.92 Å². The predicted octanol–water partition coefficient (Wildman–Crippen LogP) is -2.81. The number of nitrogens with two attached hydrogens (primary N) is 2. The fraction of sp³-hybridized carbons (Fsp3) is 0.733. The number of rotatable bonds is 13. The number of ketones is 1. The van der Waals surface area contributed by atoms with E-state index >= 15 is 0 Å². The molecule has 0 aromatic carbocycles. The fourth-order valence-electron chi connectivity index (χ4n) is 2.16. The summed E-state index contributed by atoms with van der Waals surface area (Å²) in [5, 5.41) is 28.5. The third kappa shape index (κ3) is 9.42. The van der Waals surface area contributed by atoms with Gasteiger partial charge < -0.3 is 26.8 Å². The number of amides is 2. The van der Waals surface area contributed by atoms with Gasteiger partial charge in [0.25, 0.3) is 0 Å². The summed E-state index contributed by atoms with van der Waals surface area (Å²) in [6.45, 7) is 0.898. The van der Waals surface area contributed by atoms with Crippen LogP contribution in [0.15, 0.2) is 0 Å². The zero-order valence-corrected chi connectivity index (χ0v) is 14.9. The quantitative estimate of drug-likeness (QED) is 0.184. The molecule has 0 saturated heterocycles. The van der Waals surface area contributed by atoms with Gasteiger partial charge in [-0.15, -0.1) is 0 Å². The van der Waals surface area contributed by atoms with Crippen LogP contribution in [0.1, 0.15) is 26.2 Å². The molecule has 0 aliphatic carbocycles. The van der Waals surface area contributed by atoms with E-state index in [0.29, 0.717) is 0 Å². The summed E-state index contributed by atoms with van der Waals surface area (Å²) in [7, 11) is 1.50. The first kappa shape index (κ1) is 23.9. The Labute approximate surface area is 151 Å². The van der Waals surface area contributed by atoms with Crippen molar-refractivity contribution in [3.05, 3.63) is 0 Å². The topological polar surface area (TPSA) is 196 Å². The standard InChI is InChI=1S/C15H28N4O7/c1-8(21)12(16)6-19(2)18-14(24)9(5-13(17)23)3-11(22)4-10(7-20)15(25)26/h8-10,12,20-21H,3-7,16H2,1-2H3,(H2,17,23)(H,18,24)(H,25,26)/t8?,9-,10-,12+/m1/s1. The lowest BCUT2D eigenvalue weighted by Gasteiger charge is -2.25. The molecule has 1 unspecified atom stereocenters. The molecule has 150 valence electrons. The number of hydrazine groups is 1. The molecule has 0 bridgehead atoms. The minimum Gasteiger partial charge on any atom is -0.481 e. The van der Waals surface area contributed by atoms with Crippen LogP contribution in [0.25, 0.3) is 0 Å². The van der Waals surface area contributed by atoms with Crippen molar-refractivity contribution in [1.82, 2.24) is 10.4 Å². The van der Waals surface area contributed by atoms with Gasteiger partial charge in [0.05, 0.1) is 24.5 Å². The van der Waals surface area contributed by atoms with E-state index in [1.165, 1.54) is 19.0 Å². The van der Waals surface area contributed by atoms with Gasteiger partial charge in [0.1, 0.15) is 5.78 Å². The van der Waals surface area contributed by atoms with Crippen molar-refractivity contribution < 1.29 is 34.5 Å². The van der Waals surface area contributed by atoms with E-state index in [4.69, 9.17) is 21.7 Å². The number of nitrogens with zero attached hydrogens (tertiary/aromatic N) is 1. The molecule has 0 fully saturated rings. The van der Waals surface area contributed by atoms with E-state index in [1.54, 1.807) is 0 Å². The first-order valence-electron chi connectivity index (χ1n) is 8.06. The molecule has 0 spiro atoms. The first-order valence-corrected chi connectivity index (χ1v) is 8.06. The highest BCUT2D eigenvalue weighted by atomic mass is 16.4. The molecular weight excluding hydrogens is 348 g/mol. The molecule has 0 saturated carbocycles. The molecular formula is C15H28N4O7. The molecule has 0 radical (unpaired) electrons. The van der Waals surface area contributed by atoms with E-state index in [2.05, 4.69) is 5.43 Å². The number of Topliss-reactive ketones (excluding diaryl/α,β-unsaturated/α-hetero) is 1. The van der Waals surface area contributed by atoms with Gasteiger partial charge in [-0.1, -0.05) is 0 Å². The number of carbonyl (C=O) groups excluding carboxylic acids is 3. The highest BCUT2D eigenvalue weighted by molar-refractivity contribution is 5.91. The second-order valence-corrected chi connectivity index (χ2v) is 6.29. The number of hydrogen-bond donors (Lipinski definition) is 6. The number of likely N-dealkylation sites (N-methyl/N-ethyl adjacent to an activating group) is 1. The van der Waals surface area contributed by atoms with Crippen molar-refractivity contribution in [2.24, 2.45) is 23.3 Å². The summed E-state index contributed by atoms with van der Waals surface area (Å²) < 4.78 is 0. The Morgan fingerprint density at radius 3 is 2.08 bits per heavy atom. The lowest BCUT2D eigenvalue weighted by atomic mass is 9.93. The third-order valence-corrected chi connectivity index (χ3v) is 3.74. The van der Waals surface area contributed by atoms with Crippen LogP contribution in [0.3, 0.4) is 0 Å². The van der Waals surface area contributed by atoms with Crippen molar-refractivity contribution in [3.63, 3.8) is 0 Å². The summed E-state index contributed by atoms with van der Waals surface area (Å²) in [5.74, 6) is -5.73. The molecule has 0 aliphatic heterocycles. The summed E-state index contributed by atoms with van der Waals surface area (Å²) in [6, 6.07) is -0.627. The van der Waals surface area contributed by atoms with Crippen molar-refractivity contribution in [3.8, 4) is 0 Å². The van der Waals surface area contributed by atoms with Gasteiger partial charge in [0, 0.05) is 38.9 Å². The normalized spacial score (nSPS) is 15.8. The van der Waals surface area contributed by atoms with E-state index < -0.39 is 73.4 Å². The summed E-state index contributed by atoms with van der Waals surface area (Å²) in [6.07, 6.45) is -2.06. The Kier molecular flexibility index (Phi) is 10.6. The van der Waals surface area contributed by atoms with E-state index in [-0.39, 0.29) is 6.54 Å². The van der Waals surface area contributed by atoms with E-state index in [9.17, 15) is 24.3 Å². The lowest BCUT2D eigenvalue weighted by molar-refractivity contribution is -0.145. The minimum absolute atomic E-state index is 0.117. The average molecular weight is 376 g/mol. The number of nitrogens with one attached hydrogen (secondary N) is 1. The SMILES string of the molecule is CC(O)[C@@H](N)CN(C)NC(=O)[C@@H](CC(N)=O)CC(=O)C[C@H](CO)C(=O)O. The lowest BCUT2D eigenvalue weighted by Crippen LogP contribution is -2.50. The average Bonchev–Trinajstić information content (AvgIpc) is 2.50. The smallest absolute Gasteiger partial charge is 0.309 e. The van der Waals surface area contributed by atoms with Gasteiger partial charge in [-0.3, -0.25) is 24.6 Å². The fourth-order valence-corrected chi connectivity index (χ4v) is 2.16. The maximum atomic E-state index is 12.3. The zero-order valence-electron chi connectivity index (χ0n) is 14.9. The Bertz CT molecular complexity index is 512. The number of aliphatic hydroxyl groups excluding tert-OH is 2. The van der Waals surface area contributed by atoms with Gasteiger partial charge in [0.15, 0.2) is 0 Å². The first-order chi connectivity index (χ1) is 12.0. The number of primary amides is 1. The van der Waals surface area contributed by atoms with Gasteiger partial charge in [-0.2, -0.15) is 0 Å². The van der Waals surface area contributed by atoms with Crippen molar-refractivity contribution in [2.75, 3.05) is 20.2 Å². The molecule has 0 rings (SSSR count). The number of carbonyl (C=O) groups is 4. The van der Waals surface area contributed by atoms with Crippen molar-refractivity contribution in [2.45, 2.75) is 38.3 Å². The van der Waals surface area contributed by atoms with Crippen LogP contribution in [0.4, 0.5) is 0 Å². The number of hydrogen-bond acceptors (Lipinski definition) is 8. The molecule has 8 N–H and O–H groups in total. The molecule has 2 amide bonds. The molecule has 0 heterocycles. The number of carboxylic acid groups (broad SMARTS) is 1. The third-order valence-electron chi connectivity index (χ3n) is 3.74. The number of aliphatic hydroxyl groups is 2. The molecule has 4 atom stereocenters. The Morgan fingerprint density at radius 1 is 1.12 bits per heavy atom. The minimum atomic E-state index is -1.33. The maximum absolute atomic E-state index is 12.3.